The van der Waals surface area contributed by atoms with Crippen molar-refractivity contribution >= 4 is 0 Å². The van der Waals surface area contributed by atoms with Crippen LogP contribution in [0.4, 0.5) is 0 Å². The minimum absolute atomic E-state index is 1.08. The number of hydrogen-bond acceptors (Lipinski definition) is 0. The summed E-state index contributed by atoms with van der Waals surface area (Å²) >= 11 is 0. The monoisotopic (exact) mass is 391 g/mol. The summed E-state index contributed by atoms with van der Waals surface area (Å²) in [5.41, 5.74) is 0. The van der Waals surface area contributed by atoms with Crippen LogP contribution in [0.2, 0.25) is 0 Å². The van der Waals surface area contributed by atoms with Crippen LogP contribution < -0.4 is 0 Å². The first-order valence-corrected chi connectivity index (χ1v) is 12.1. The Labute approximate surface area is 181 Å². The van der Waals surface area contributed by atoms with E-state index >= 15 is 0 Å². The Morgan fingerprint density at radius 2 is 0.724 bits per heavy atom. The summed E-state index contributed by atoms with van der Waals surface area (Å²) in [6.45, 7) is 0. The van der Waals surface area contributed by atoms with Crippen LogP contribution in [0.3, 0.4) is 0 Å². The molecule has 0 spiro atoms. The third kappa shape index (κ3) is 20.7. The fourth-order valence-electron chi connectivity index (χ4n) is 3.39. The summed E-state index contributed by atoms with van der Waals surface area (Å²) in [6, 6.07) is 0. The van der Waals surface area contributed by atoms with Crippen molar-refractivity contribution in [1.29, 1.82) is 0 Å². The summed E-state index contributed by atoms with van der Waals surface area (Å²) in [5.74, 6) is 0. The lowest BCUT2D eigenvalue weighted by molar-refractivity contribution is 0.537. The van der Waals surface area contributed by atoms with Crippen molar-refractivity contribution in [2.75, 3.05) is 0 Å². The maximum Gasteiger partial charge on any atom is -0.0276 e. The van der Waals surface area contributed by atoms with E-state index in [4.69, 9.17) is 0 Å². The lowest BCUT2D eigenvalue weighted by Crippen LogP contribution is -1.83. The van der Waals surface area contributed by atoms with Gasteiger partial charge in [-0.2, -0.15) is 0 Å². The molecule has 1 aliphatic carbocycles. The number of allylic oxidation sites excluding steroid dienone is 14. The Kier molecular flexibility index (Phi) is 19.5. The van der Waals surface area contributed by atoms with Crippen molar-refractivity contribution in [3.63, 3.8) is 0 Å². The molecular formula is C29H43. The molecule has 0 saturated heterocycles. The van der Waals surface area contributed by atoms with Gasteiger partial charge < -0.3 is 0 Å². The molecule has 0 aromatic heterocycles. The van der Waals surface area contributed by atoms with E-state index in [9.17, 15) is 0 Å². The van der Waals surface area contributed by atoms with Crippen LogP contribution in [-0.2, 0) is 0 Å². The van der Waals surface area contributed by atoms with E-state index in [0.717, 1.165) is 6.42 Å². The lowest BCUT2D eigenvalue weighted by Gasteiger charge is -2.02. The van der Waals surface area contributed by atoms with Crippen LogP contribution in [0.5, 0.6) is 0 Å². The Morgan fingerprint density at radius 3 is 1.24 bits per heavy atom. The van der Waals surface area contributed by atoms with Gasteiger partial charge in [0.05, 0.1) is 0 Å². The summed E-state index contributed by atoms with van der Waals surface area (Å²) in [6.07, 6.45) is 51.0. The van der Waals surface area contributed by atoms with E-state index < -0.39 is 0 Å². The first-order valence-electron chi connectivity index (χ1n) is 12.1. The quantitative estimate of drug-likeness (QED) is 0.385. The van der Waals surface area contributed by atoms with E-state index in [1.807, 2.05) is 6.08 Å². The lowest BCUT2D eigenvalue weighted by atomic mass is 10.0. The van der Waals surface area contributed by atoms with Crippen molar-refractivity contribution in [2.45, 2.75) is 96.3 Å². The molecule has 159 valence electrons. The SMILES string of the molecule is [C]1=C/C=C\C=C/C=C\C=C/C=C\C=C/CCCCCCCCCCCCCCC\1. The Bertz CT molecular complexity index is 488. The standard InChI is InChI=1S/C29H43/c1-2-4-6-8-10-12-14-16-18-20-22-24-26-28-29-27-25-23-21-19-17-15-13-11-9-7-5-3-1/h1-13H,14,16-29H2/b3-1-,4-2-,7-5-,8-6-,11-9-,12-10-,15-13?. The molecule has 0 nitrogen and oxygen atoms in total. The predicted octanol–water partition coefficient (Wildman–Crippen LogP) is 9.55. The largest absolute Gasteiger partial charge is 0.0845 e. The van der Waals surface area contributed by atoms with E-state index in [0.29, 0.717) is 0 Å². The first-order chi connectivity index (χ1) is 14.5. The highest BCUT2D eigenvalue weighted by Gasteiger charge is 1.94. The van der Waals surface area contributed by atoms with Gasteiger partial charge in [0.2, 0.25) is 0 Å². The van der Waals surface area contributed by atoms with Crippen molar-refractivity contribution in [2.24, 2.45) is 0 Å². The van der Waals surface area contributed by atoms with Crippen LogP contribution in [0, 0.1) is 6.08 Å². The smallest absolute Gasteiger partial charge is 0.0276 e. The molecule has 0 unspecified atom stereocenters. The molecule has 0 bridgehead atoms. The topological polar surface area (TPSA) is 0 Å². The van der Waals surface area contributed by atoms with Gasteiger partial charge in [0.1, 0.15) is 0 Å². The fraction of sp³-hybridized carbons (Fsp3) is 0.517. The van der Waals surface area contributed by atoms with Crippen molar-refractivity contribution < 1.29 is 0 Å². The van der Waals surface area contributed by atoms with Gasteiger partial charge in [0.15, 0.2) is 0 Å². The van der Waals surface area contributed by atoms with Gasteiger partial charge in [0.25, 0.3) is 0 Å². The molecule has 1 rings (SSSR count). The highest BCUT2D eigenvalue weighted by Crippen LogP contribution is 2.13. The van der Waals surface area contributed by atoms with Gasteiger partial charge in [-0.05, 0) is 31.8 Å². The third-order valence-electron chi connectivity index (χ3n) is 5.15. The van der Waals surface area contributed by atoms with Crippen LogP contribution in [0.25, 0.3) is 0 Å². The van der Waals surface area contributed by atoms with Gasteiger partial charge in [-0.15, -0.1) is 0 Å². The zero-order valence-electron chi connectivity index (χ0n) is 18.6. The van der Waals surface area contributed by atoms with Crippen molar-refractivity contribution in [1.82, 2.24) is 0 Å². The summed E-state index contributed by atoms with van der Waals surface area (Å²) in [5, 5.41) is 0. The van der Waals surface area contributed by atoms with Gasteiger partial charge in [-0.25, -0.2) is 0 Å². The molecule has 0 heterocycles. The van der Waals surface area contributed by atoms with Gasteiger partial charge in [-0.1, -0.05) is 150 Å². The van der Waals surface area contributed by atoms with Gasteiger partial charge in [-0.3, -0.25) is 0 Å². The molecule has 0 amide bonds. The minimum Gasteiger partial charge on any atom is -0.0845 e. The zero-order chi connectivity index (χ0) is 20.5. The van der Waals surface area contributed by atoms with Gasteiger partial charge >= 0.3 is 0 Å². The average Bonchev–Trinajstić information content (AvgIpc) is 2.73. The molecule has 0 saturated carbocycles. The molecular weight excluding hydrogens is 348 g/mol. The first kappa shape index (κ1) is 25.2. The van der Waals surface area contributed by atoms with Crippen LogP contribution >= 0.6 is 0 Å². The summed E-state index contributed by atoms with van der Waals surface area (Å²) in [4.78, 5) is 0. The van der Waals surface area contributed by atoms with E-state index in [1.165, 1.54) is 89.9 Å². The summed E-state index contributed by atoms with van der Waals surface area (Å²) in [7, 11) is 0. The minimum atomic E-state index is 1.08. The fourth-order valence-corrected chi connectivity index (χ4v) is 3.39. The number of rotatable bonds is 0. The molecule has 0 aliphatic heterocycles. The molecule has 1 radical (unpaired) electrons. The molecule has 0 N–H and O–H groups in total. The molecule has 0 aromatic carbocycles. The average molecular weight is 392 g/mol. The van der Waals surface area contributed by atoms with E-state index in [2.05, 4.69) is 79.0 Å². The molecule has 0 aromatic rings. The van der Waals surface area contributed by atoms with E-state index in [-0.39, 0.29) is 0 Å². The molecule has 1 aliphatic rings. The summed E-state index contributed by atoms with van der Waals surface area (Å²) < 4.78 is 0. The Hall–Kier alpha value is -1.82. The van der Waals surface area contributed by atoms with E-state index in [1.54, 1.807) is 0 Å². The van der Waals surface area contributed by atoms with Crippen LogP contribution in [-0.4, -0.2) is 0 Å². The highest BCUT2D eigenvalue weighted by molar-refractivity contribution is 5.20. The normalized spacial score (nSPS) is 27.9. The van der Waals surface area contributed by atoms with Crippen LogP contribution in [0.1, 0.15) is 96.3 Å². The molecule has 0 fully saturated rings. The molecule has 0 atom stereocenters. The van der Waals surface area contributed by atoms with Crippen LogP contribution in [0.15, 0.2) is 79.0 Å². The Balaban J connectivity index is 2.30. The van der Waals surface area contributed by atoms with Crippen molar-refractivity contribution in [3.05, 3.63) is 85.1 Å². The maximum absolute atomic E-state index is 3.37. The predicted molar refractivity (Wildman–Crippen MR) is 132 cm³/mol. The van der Waals surface area contributed by atoms with Gasteiger partial charge in [0, 0.05) is 0 Å². The molecule has 29 heavy (non-hydrogen) atoms. The third-order valence-corrected chi connectivity index (χ3v) is 5.15. The second kappa shape index (κ2) is 22.5. The Morgan fingerprint density at radius 1 is 0.345 bits per heavy atom. The number of hydrogen-bond donors (Lipinski definition) is 0. The second-order valence-corrected chi connectivity index (χ2v) is 7.86. The second-order valence-electron chi connectivity index (χ2n) is 7.86. The zero-order valence-corrected chi connectivity index (χ0v) is 18.6. The highest BCUT2D eigenvalue weighted by atomic mass is 14.0. The van der Waals surface area contributed by atoms with Crippen molar-refractivity contribution in [3.8, 4) is 0 Å². The molecule has 0 heteroatoms. The maximum atomic E-state index is 3.37.